The molecule has 0 aliphatic rings. The Hall–Kier alpha value is -2.28. The van der Waals surface area contributed by atoms with Crippen molar-refractivity contribution in [3.05, 3.63) is 35.9 Å². The molecular formula is C28H44N2O4S. The number of hydrogen-bond acceptors (Lipinski definition) is 5. The van der Waals surface area contributed by atoms with E-state index in [4.69, 9.17) is 4.74 Å². The van der Waals surface area contributed by atoms with E-state index in [1.807, 2.05) is 12.1 Å². The fourth-order valence-corrected chi connectivity index (χ4v) is 4.76. The van der Waals surface area contributed by atoms with Gasteiger partial charge in [0.2, 0.25) is 5.88 Å². The van der Waals surface area contributed by atoms with Gasteiger partial charge >= 0.3 is 0 Å². The third-order valence-corrected chi connectivity index (χ3v) is 7.05. The number of hydrogen-bond donors (Lipinski definition) is 3. The first-order chi connectivity index (χ1) is 17.1. The van der Waals surface area contributed by atoms with Crippen LogP contribution in [0.15, 0.2) is 35.2 Å². The zero-order valence-corrected chi connectivity index (χ0v) is 22.4. The second kappa shape index (κ2) is 17.2. The molecule has 0 bridgehead atoms. The number of aromatic hydroxyl groups is 2. The van der Waals surface area contributed by atoms with Crippen molar-refractivity contribution < 1.29 is 19.7 Å². The summed E-state index contributed by atoms with van der Waals surface area (Å²) in [6.07, 6.45) is 13.0. The maximum absolute atomic E-state index is 12.4. The van der Waals surface area contributed by atoms with Gasteiger partial charge in [-0.15, -0.1) is 11.8 Å². The van der Waals surface area contributed by atoms with E-state index >= 15 is 0 Å². The average Bonchev–Trinajstić information content (AvgIpc) is 3.13. The van der Waals surface area contributed by atoms with Gasteiger partial charge in [0.25, 0.3) is 5.91 Å². The van der Waals surface area contributed by atoms with Crippen molar-refractivity contribution in [2.45, 2.75) is 95.9 Å². The molecule has 35 heavy (non-hydrogen) atoms. The molecule has 1 aromatic carbocycles. The highest BCUT2D eigenvalue weighted by Gasteiger charge is 2.14. The van der Waals surface area contributed by atoms with Gasteiger partial charge < -0.3 is 20.3 Å². The molecule has 0 atom stereocenters. The molecule has 1 amide bonds. The maximum atomic E-state index is 12.4. The first-order valence-corrected chi connectivity index (χ1v) is 14.3. The minimum atomic E-state index is -0.135. The van der Waals surface area contributed by atoms with Gasteiger partial charge in [-0.1, -0.05) is 71.6 Å². The SMILES string of the molecule is CCCCCCCCCn1c(O)cc(SCCNC(=O)c2ccc(OCCCCCC)cc2)c1O. The molecule has 7 heteroatoms. The van der Waals surface area contributed by atoms with Crippen molar-refractivity contribution in [3.63, 3.8) is 0 Å². The molecule has 0 fully saturated rings. The van der Waals surface area contributed by atoms with Gasteiger partial charge in [0, 0.05) is 30.5 Å². The lowest BCUT2D eigenvalue weighted by atomic mass is 10.1. The molecule has 196 valence electrons. The summed E-state index contributed by atoms with van der Waals surface area (Å²) in [4.78, 5) is 13.0. The number of ether oxygens (including phenoxy) is 1. The number of thioether (sulfide) groups is 1. The lowest BCUT2D eigenvalue weighted by molar-refractivity contribution is 0.0956. The summed E-state index contributed by atoms with van der Waals surface area (Å²) in [5.74, 6) is 1.44. The molecular weight excluding hydrogens is 460 g/mol. The predicted molar refractivity (Wildman–Crippen MR) is 145 cm³/mol. The Kier molecular flexibility index (Phi) is 14.2. The van der Waals surface area contributed by atoms with Gasteiger partial charge in [-0.2, -0.15) is 0 Å². The highest BCUT2D eigenvalue weighted by Crippen LogP contribution is 2.35. The number of unbranched alkanes of at least 4 members (excludes halogenated alkanes) is 9. The molecule has 0 unspecified atom stereocenters. The number of nitrogens with one attached hydrogen (secondary N) is 1. The first kappa shape index (κ1) is 29.0. The molecule has 0 radical (unpaired) electrons. The van der Waals surface area contributed by atoms with Crippen LogP contribution in [0.2, 0.25) is 0 Å². The van der Waals surface area contributed by atoms with Crippen molar-refractivity contribution in [2.24, 2.45) is 0 Å². The lowest BCUT2D eigenvalue weighted by Gasteiger charge is -2.08. The summed E-state index contributed by atoms with van der Waals surface area (Å²) in [5.41, 5.74) is 0.592. The fourth-order valence-electron chi connectivity index (χ4n) is 3.90. The summed E-state index contributed by atoms with van der Waals surface area (Å²) in [7, 11) is 0. The zero-order valence-electron chi connectivity index (χ0n) is 21.6. The topological polar surface area (TPSA) is 83.7 Å². The second-order valence-corrected chi connectivity index (χ2v) is 10.1. The Labute approximate surface area is 215 Å². The summed E-state index contributed by atoms with van der Waals surface area (Å²) in [6.45, 7) is 6.18. The molecule has 0 aliphatic carbocycles. The summed E-state index contributed by atoms with van der Waals surface area (Å²) < 4.78 is 7.30. The van der Waals surface area contributed by atoms with Crippen LogP contribution in [0, 0.1) is 0 Å². The smallest absolute Gasteiger partial charge is 0.251 e. The summed E-state index contributed by atoms with van der Waals surface area (Å²) in [5, 5.41) is 23.6. The monoisotopic (exact) mass is 504 g/mol. The van der Waals surface area contributed by atoms with Gasteiger partial charge in [-0.3, -0.25) is 9.36 Å². The maximum Gasteiger partial charge on any atom is 0.251 e. The van der Waals surface area contributed by atoms with E-state index in [1.54, 1.807) is 22.8 Å². The van der Waals surface area contributed by atoms with Gasteiger partial charge in [0.1, 0.15) is 5.75 Å². The number of nitrogens with zero attached hydrogens (tertiary/aromatic N) is 1. The van der Waals surface area contributed by atoms with Crippen molar-refractivity contribution in [1.29, 1.82) is 0 Å². The van der Waals surface area contributed by atoms with Crippen molar-refractivity contribution >= 4 is 17.7 Å². The van der Waals surface area contributed by atoms with Crippen molar-refractivity contribution in [2.75, 3.05) is 18.9 Å². The highest BCUT2D eigenvalue weighted by molar-refractivity contribution is 7.99. The van der Waals surface area contributed by atoms with E-state index < -0.39 is 0 Å². The van der Waals surface area contributed by atoms with E-state index in [0.717, 1.165) is 25.0 Å². The number of rotatable bonds is 19. The van der Waals surface area contributed by atoms with Crippen LogP contribution in [0.5, 0.6) is 17.5 Å². The standard InChI is InChI=1S/C28H44N2O4S/c1-3-5-7-9-10-11-12-19-30-26(31)22-25(28(30)33)35-21-18-29-27(32)23-14-16-24(17-15-23)34-20-13-8-6-4-2/h14-17,22,31,33H,3-13,18-21H2,1-2H3,(H,29,32). The van der Waals surface area contributed by atoms with Crippen molar-refractivity contribution in [3.8, 4) is 17.5 Å². The van der Waals surface area contributed by atoms with E-state index in [2.05, 4.69) is 19.2 Å². The Morgan fingerprint density at radius 2 is 1.54 bits per heavy atom. The average molecular weight is 505 g/mol. The molecule has 6 nitrogen and oxygen atoms in total. The van der Waals surface area contributed by atoms with Crippen LogP contribution < -0.4 is 10.1 Å². The predicted octanol–water partition coefficient (Wildman–Crippen LogP) is 7.13. The quantitative estimate of drug-likeness (QED) is 0.140. The van der Waals surface area contributed by atoms with E-state index in [1.165, 1.54) is 63.1 Å². The van der Waals surface area contributed by atoms with Crippen LogP contribution in [0.1, 0.15) is 94.8 Å². The van der Waals surface area contributed by atoms with Gasteiger partial charge in [0.05, 0.1) is 11.5 Å². The minimum absolute atomic E-state index is 0.0905. The molecule has 2 rings (SSSR count). The molecule has 0 saturated heterocycles. The number of amides is 1. The molecule has 2 aromatic rings. The molecule has 0 saturated carbocycles. The van der Waals surface area contributed by atoms with Crippen LogP contribution in [-0.2, 0) is 6.54 Å². The van der Waals surface area contributed by atoms with Crippen LogP contribution in [0.25, 0.3) is 0 Å². The Balaban J connectivity index is 1.66. The van der Waals surface area contributed by atoms with Gasteiger partial charge in [-0.25, -0.2) is 0 Å². The number of carbonyl (C=O) groups is 1. The van der Waals surface area contributed by atoms with Crippen LogP contribution in [0.3, 0.4) is 0 Å². The minimum Gasteiger partial charge on any atom is -0.494 e. The van der Waals surface area contributed by atoms with Gasteiger partial charge in [-0.05, 0) is 37.1 Å². The zero-order chi connectivity index (χ0) is 25.3. The van der Waals surface area contributed by atoms with Gasteiger partial charge in [0.15, 0.2) is 5.88 Å². The van der Waals surface area contributed by atoms with Crippen LogP contribution in [0.4, 0.5) is 0 Å². The number of benzene rings is 1. The summed E-state index contributed by atoms with van der Waals surface area (Å²) >= 11 is 1.42. The third-order valence-electron chi connectivity index (χ3n) is 6.03. The second-order valence-electron chi connectivity index (χ2n) is 9.00. The first-order valence-electron chi connectivity index (χ1n) is 13.3. The van der Waals surface area contributed by atoms with E-state index in [0.29, 0.717) is 35.9 Å². The van der Waals surface area contributed by atoms with E-state index in [-0.39, 0.29) is 17.7 Å². The molecule has 0 aliphatic heterocycles. The molecule has 1 aromatic heterocycles. The highest BCUT2D eigenvalue weighted by atomic mass is 32.2. The van der Waals surface area contributed by atoms with Crippen LogP contribution in [-0.4, -0.2) is 39.6 Å². The largest absolute Gasteiger partial charge is 0.494 e. The Bertz CT molecular complexity index is 851. The third kappa shape index (κ3) is 10.9. The molecule has 0 spiro atoms. The normalized spacial score (nSPS) is 11.0. The fraction of sp³-hybridized carbons (Fsp3) is 0.607. The molecule has 3 N–H and O–H groups in total. The molecule has 1 heterocycles. The lowest BCUT2D eigenvalue weighted by Crippen LogP contribution is -2.25. The Morgan fingerprint density at radius 1 is 0.914 bits per heavy atom. The number of aromatic nitrogens is 1. The van der Waals surface area contributed by atoms with Crippen molar-refractivity contribution in [1.82, 2.24) is 9.88 Å². The van der Waals surface area contributed by atoms with E-state index in [9.17, 15) is 15.0 Å². The summed E-state index contributed by atoms with van der Waals surface area (Å²) in [6, 6.07) is 8.82. The van der Waals surface area contributed by atoms with Crippen LogP contribution >= 0.6 is 11.8 Å². The Morgan fingerprint density at radius 3 is 2.23 bits per heavy atom. The number of carbonyl (C=O) groups excluding carboxylic acids is 1.